The SMILES string of the molecule is C=C(C[C@@H]1C[C@H](O)[C@]2(C)O[C@@H]3C[C@@H]4O[C@@H]5C[C@]6(C)O[C@]7(C)CC[C@@H]8O[C@@H]9C[C@]%10(C)O[C@@H]%11C(C)=CC(=O)OC%11CC%10OC9C[C@@H](C)C8OC7CC6O[C@@]5(C)CC5OC5C4OC3CC2O1)C(C)=O. The summed E-state index contributed by atoms with van der Waals surface area (Å²) < 4.78 is 82.6. The summed E-state index contributed by atoms with van der Waals surface area (Å²) in [6.07, 6.45) is 4.11. The van der Waals surface area contributed by atoms with Crippen LogP contribution >= 0.6 is 0 Å². The van der Waals surface area contributed by atoms with E-state index in [0.29, 0.717) is 63.4 Å². The Bertz CT molecular complexity index is 2030. The van der Waals surface area contributed by atoms with Crippen LogP contribution in [0, 0.1) is 5.92 Å². The predicted molar refractivity (Wildman–Crippen MR) is 232 cm³/mol. The molecule has 12 aliphatic rings. The van der Waals surface area contributed by atoms with E-state index in [1.807, 2.05) is 13.8 Å². The molecule has 12 rings (SSSR count). The zero-order valence-corrected chi connectivity index (χ0v) is 40.0. The number of aliphatic hydroxyl groups is 1. The second kappa shape index (κ2) is 15.6. The van der Waals surface area contributed by atoms with Gasteiger partial charge in [0.05, 0.1) is 114 Å². The number of carbonyl (C=O) groups excluding carboxylic acids is 2. The molecule has 366 valence electrons. The van der Waals surface area contributed by atoms with Gasteiger partial charge in [0, 0.05) is 63.9 Å². The Hall–Kier alpha value is -1.86. The third-order valence-electron chi connectivity index (χ3n) is 18.8. The van der Waals surface area contributed by atoms with Crippen molar-refractivity contribution in [2.75, 3.05) is 0 Å². The molecule has 1 N–H and O–H groups in total. The fourth-order valence-corrected chi connectivity index (χ4v) is 14.8. The van der Waals surface area contributed by atoms with Crippen LogP contribution in [0.1, 0.15) is 132 Å². The number of epoxide rings is 1. The molecule has 12 heterocycles. The van der Waals surface area contributed by atoms with E-state index in [4.69, 9.17) is 56.8 Å². The van der Waals surface area contributed by atoms with Crippen LogP contribution in [0.2, 0.25) is 0 Å². The fourth-order valence-electron chi connectivity index (χ4n) is 14.8. The first-order valence-electron chi connectivity index (χ1n) is 25.3. The van der Waals surface area contributed by atoms with Crippen LogP contribution in [0.5, 0.6) is 0 Å². The Labute approximate surface area is 388 Å². The van der Waals surface area contributed by atoms with E-state index < -0.39 is 40.2 Å². The summed E-state index contributed by atoms with van der Waals surface area (Å²) >= 11 is 0. The molecule has 0 bridgehead atoms. The number of ketones is 1. The maximum absolute atomic E-state index is 12.3. The summed E-state index contributed by atoms with van der Waals surface area (Å²) in [6.45, 7) is 20.3. The van der Waals surface area contributed by atoms with Crippen molar-refractivity contribution >= 4 is 11.8 Å². The van der Waals surface area contributed by atoms with Gasteiger partial charge in [-0.2, -0.15) is 0 Å². The van der Waals surface area contributed by atoms with E-state index in [9.17, 15) is 14.7 Å². The molecule has 0 radical (unpaired) electrons. The van der Waals surface area contributed by atoms with E-state index in [-0.39, 0.29) is 121 Å². The molecule has 0 aromatic carbocycles. The Morgan fingerprint density at radius 3 is 2.15 bits per heavy atom. The summed E-state index contributed by atoms with van der Waals surface area (Å²) in [4.78, 5) is 24.3. The van der Waals surface area contributed by atoms with Crippen LogP contribution in [0.4, 0.5) is 0 Å². The Kier molecular flexibility index (Phi) is 10.7. The summed E-state index contributed by atoms with van der Waals surface area (Å²) in [5, 5.41) is 11.5. The third-order valence-corrected chi connectivity index (χ3v) is 18.8. The van der Waals surface area contributed by atoms with Crippen molar-refractivity contribution in [2.45, 2.75) is 276 Å². The standard InChI is InChI=1S/C51H72O15/c1-23(26(4)52)12-27-15-36(53)51(9)40(55-27)17-30-31(63-51)16-32-45(60-30)46-35(61-46)21-49(7)41(58-32)22-50(8)39(64-49)19-38-47(5,66-50)11-10-28-43(62-38)24(2)13-29-34(56-28)20-48(6)37(57-29)18-33-44(65-48)25(3)14-42(54)59-33/h14,24,27-41,43-46,53H,1,10-13,15-22H2,2-9H3/t24-,27-,28+,29?,30?,31-,32+,33?,34-,35?,36+,37?,38?,39?,40?,41-,43?,44-,45?,46?,47-,48+,49+,50+,51+/m1/s1. The van der Waals surface area contributed by atoms with Crippen molar-refractivity contribution in [1.29, 1.82) is 0 Å². The minimum atomic E-state index is -0.927. The van der Waals surface area contributed by atoms with E-state index in [0.717, 1.165) is 24.8 Å². The molecule has 15 heteroatoms. The van der Waals surface area contributed by atoms with Crippen LogP contribution < -0.4 is 0 Å². The van der Waals surface area contributed by atoms with Crippen LogP contribution in [-0.4, -0.2) is 161 Å². The second-order valence-corrected chi connectivity index (χ2v) is 23.8. The molecule has 15 nitrogen and oxygen atoms in total. The van der Waals surface area contributed by atoms with Gasteiger partial charge in [-0.25, -0.2) is 4.79 Å². The highest BCUT2D eigenvalue weighted by Gasteiger charge is 2.68. The third kappa shape index (κ3) is 7.32. The van der Waals surface area contributed by atoms with E-state index in [1.165, 1.54) is 6.92 Å². The summed E-state index contributed by atoms with van der Waals surface area (Å²) in [5.41, 5.74) is -1.99. The Morgan fingerprint density at radius 1 is 0.652 bits per heavy atom. The topological polar surface area (TPSA) is 168 Å². The van der Waals surface area contributed by atoms with Gasteiger partial charge in [-0.1, -0.05) is 13.5 Å². The van der Waals surface area contributed by atoms with Crippen LogP contribution in [-0.2, 0) is 66.4 Å². The summed E-state index contributed by atoms with van der Waals surface area (Å²) in [5.74, 6) is -0.221. The normalized spacial score (nSPS) is 58.1. The van der Waals surface area contributed by atoms with Crippen molar-refractivity contribution in [3.8, 4) is 0 Å². The molecular formula is C51H72O15. The molecule has 0 aromatic heterocycles. The minimum Gasteiger partial charge on any atom is -0.456 e. The van der Waals surface area contributed by atoms with Crippen LogP contribution in [0.15, 0.2) is 23.8 Å². The fraction of sp³-hybridized carbons (Fsp3) is 0.882. The lowest BCUT2D eigenvalue weighted by Crippen LogP contribution is -2.71. The average Bonchev–Trinajstić information content (AvgIpc) is 4.02. The number of Topliss-reactive ketones (excluding diaryl/α,β-unsaturated/α-hetero) is 1. The van der Waals surface area contributed by atoms with Gasteiger partial charge in [-0.3, -0.25) is 4.79 Å². The number of aliphatic hydroxyl groups excluding tert-OH is 1. The maximum Gasteiger partial charge on any atom is 0.331 e. The number of hydrogen-bond donors (Lipinski definition) is 1. The van der Waals surface area contributed by atoms with Crippen LogP contribution in [0.3, 0.4) is 0 Å². The molecule has 0 saturated carbocycles. The quantitative estimate of drug-likeness (QED) is 0.226. The van der Waals surface area contributed by atoms with Crippen molar-refractivity contribution in [1.82, 2.24) is 0 Å². The van der Waals surface area contributed by atoms with Crippen molar-refractivity contribution in [3.05, 3.63) is 23.8 Å². The zero-order chi connectivity index (χ0) is 46.0. The molecule has 11 fully saturated rings. The minimum absolute atomic E-state index is 0.0326. The lowest BCUT2D eigenvalue weighted by Gasteiger charge is -2.61. The van der Waals surface area contributed by atoms with Crippen molar-refractivity contribution in [2.24, 2.45) is 5.92 Å². The van der Waals surface area contributed by atoms with Gasteiger partial charge in [0.2, 0.25) is 0 Å². The zero-order valence-electron chi connectivity index (χ0n) is 40.0. The van der Waals surface area contributed by atoms with Gasteiger partial charge in [0.15, 0.2) is 5.78 Å². The van der Waals surface area contributed by atoms with Crippen LogP contribution in [0.25, 0.3) is 0 Å². The Morgan fingerprint density at radius 2 is 1.35 bits per heavy atom. The smallest absolute Gasteiger partial charge is 0.331 e. The average molecular weight is 925 g/mol. The molecule has 25 atom stereocenters. The summed E-state index contributed by atoms with van der Waals surface area (Å²) in [6, 6.07) is 0. The number of carbonyl (C=O) groups is 2. The first kappa shape index (κ1) is 45.3. The van der Waals surface area contributed by atoms with E-state index in [2.05, 4.69) is 41.2 Å². The molecule has 0 amide bonds. The number of ether oxygens (including phenoxy) is 12. The lowest BCUT2D eigenvalue weighted by molar-refractivity contribution is -0.360. The van der Waals surface area contributed by atoms with E-state index in [1.54, 1.807) is 6.08 Å². The molecule has 0 aromatic rings. The predicted octanol–water partition coefficient (Wildman–Crippen LogP) is 5.07. The molecule has 0 aliphatic carbocycles. The van der Waals surface area contributed by atoms with Gasteiger partial charge in [0.1, 0.15) is 30.0 Å². The first-order valence-corrected chi connectivity index (χ1v) is 25.3. The van der Waals surface area contributed by atoms with Gasteiger partial charge in [-0.15, -0.1) is 0 Å². The first-order chi connectivity index (χ1) is 31.2. The number of esters is 1. The molecule has 11 unspecified atom stereocenters. The lowest BCUT2D eigenvalue weighted by atomic mass is 9.72. The molecular weight excluding hydrogens is 853 g/mol. The molecule has 0 spiro atoms. The number of hydrogen-bond acceptors (Lipinski definition) is 15. The molecule has 11 saturated heterocycles. The molecule has 66 heavy (non-hydrogen) atoms. The van der Waals surface area contributed by atoms with E-state index >= 15 is 0 Å². The maximum atomic E-state index is 12.3. The van der Waals surface area contributed by atoms with Crippen molar-refractivity contribution < 1.29 is 71.5 Å². The van der Waals surface area contributed by atoms with Gasteiger partial charge in [-0.05, 0) is 84.8 Å². The second-order valence-electron chi connectivity index (χ2n) is 23.8. The highest BCUT2D eigenvalue weighted by molar-refractivity contribution is 5.92. The monoisotopic (exact) mass is 924 g/mol. The number of fused-ring (bicyclic) bond motifs is 12. The highest BCUT2D eigenvalue weighted by atomic mass is 16.7. The van der Waals surface area contributed by atoms with Gasteiger partial charge < -0.3 is 61.9 Å². The number of rotatable bonds is 3. The highest BCUT2D eigenvalue weighted by Crippen LogP contribution is 2.57. The molecule has 12 aliphatic heterocycles. The Balaban J connectivity index is 0.738. The van der Waals surface area contributed by atoms with Crippen molar-refractivity contribution in [3.63, 3.8) is 0 Å². The summed E-state index contributed by atoms with van der Waals surface area (Å²) in [7, 11) is 0. The van der Waals surface area contributed by atoms with Gasteiger partial charge >= 0.3 is 5.97 Å². The van der Waals surface area contributed by atoms with Gasteiger partial charge in [0.25, 0.3) is 0 Å². The largest absolute Gasteiger partial charge is 0.456 e.